The number of fused-ring (bicyclic) bond motifs is 2. The molecule has 0 N–H and O–H groups in total. The maximum atomic E-state index is 12.8. The number of hydrogen-bond acceptors (Lipinski definition) is 4. The maximum Gasteiger partial charge on any atom is 0.200 e. The molecule has 0 aliphatic carbocycles. The number of halogens is 1. The minimum absolute atomic E-state index is 0.0787. The molecule has 0 radical (unpaired) electrons. The largest absolute Gasteiger partial charge is 0.494 e. The van der Waals surface area contributed by atoms with E-state index in [1.807, 2.05) is 6.07 Å². The molecule has 4 rings (SSSR count). The molecule has 0 bridgehead atoms. The normalized spacial score (nSPS) is 15.9. The molecule has 5 heteroatoms. The van der Waals surface area contributed by atoms with Crippen molar-refractivity contribution in [3.63, 3.8) is 0 Å². The summed E-state index contributed by atoms with van der Waals surface area (Å²) in [6, 6.07) is 10.5. The highest BCUT2D eigenvalue weighted by Crippen LogP contribution is 2.24. The molecule has 4 nitrogen and oxygen atoms in total. The van der Waals surface area contributed by atoms with Crippen LogP contribution in [0.2, 0.25) is 5.02 Å². The molecule has 1 fully saturated rings. The van der Waals surface area contributed by atoms with Crippen molar-refractivity contribution in [1.82, 2.24) is 4.90 Å². The van der Waals surface area contributed by atoms with E-state index in [1.54, 1.807) is 30.3 Å². The van der Waals surface area contributed by atoms with Gasteiger partial charge in [0.2, 0.25) is 5.43 Å². The molecule has 154 valence electrons. The molecular formula is C24H28ClNO3. The molecule has 0 amide bonds. The van der Waals surface area contributed by atoms with Crippen molar-refractivity contribution >= 4 is 33.5 Å². The molecule has 1 aliphatic heterocycles. The predicted molar refractivity (Wildman–Crippen MR) is 119 cm³/mol. The van der Waals surface area contributed by atoms with Crippen molar-refractivity contribution < 1.29 is 9.15 Å². The van der Waals surface area contributed by atoms with E-state index in [1.165, 1.54) is 38.9 Å². The molecule has 3 aromatic rings. The molecule has 29 heavy (non-hydrogen) atoms. The Hall–Kier alpha value is -2.04. The Morgan fingerprint density at radius 3 is 2.55 bits per heavy atom. The van der Waals surface area contributed by atoms with E-state index in [2.05, 4.69) is 11.8 Å². The van der Waals surface area contributed by atoms with Crippen LogP contribution in [-0.4, -0.2) is 31.1 Å². The maximum absolute atomic E-state index is 12.8. The zero-order valence-electron chi connectivity index (χ0n) is 17.0. The van der Waals surface area contributed by atoms with E-state index >= 15 is 0 Å². The van der Waals surface area contributed by atoms with Crippen LogP contribution in [0.25, 0.3) is 21.9 Å². The van der Waals surface area contributed by atoms with Gasteiger partial charge in [0.1, 0.15) is 16.9 Å². The third-order valence-corrected chi connectivity index (χ3v) is 6.10. The van der Waals surface area contributed by atoms with Crippen molar-refractivity contribution in [1.29, 1.82) is 0 Å². The minimum Gasteiger partial charge on any atom is -0.494 e. The van der Waals surface area contributed by atoms with Crippen LogP contribution in [0.4, 0.5) is 0 Å². The highest BCUT2D eigenvalue weighted by Gasteiger charge is 2.14. The molecule has 2 aromatic carbocycles. The van der Waals surface area contributed by atoms with E-state index in [9.17, 15) is 4.79 Å². The number of hydrogen-bond donors (Lipinski definition) is 0. The van der Waals surface area contributed by atoms with Gasteiger partial charge in [-0.1, -0.05) is 18.5 Å². The third kappa shape index (κ3) is 4.93. The predicted octanol–water partition coefficient (Wildman–Crippen LogP) is 5.88. The van der Waals surface area contributed by atoms with Gasteiger partial charge in [-0.3, -0.25) is 4.79 Å². The van der Waals surface area contributed by atoms with E-state index in [4.69, 9.17) is 20.8 Å². The quantitative estimate of drug-likeness (QED) is 0.358. The highest BCUT2D eigenvalue weighted by atomic mass is 35.5. The molecule has 0 atom stereocenters. The van der Waals surface area contributed by atoms with Crippen LogP contribution in [0.1, 0.15) is 39.0 Å². The van der Waals surface area contributed by atoms with Crippen molar-refractivity contribution in [3.8, 4) is 5.75 Å². The van der Waals surface area contributed by atoms with Gasteiger partial charge >= 0.3 is 0 Å². The van der Waals surface area contributed by atoms with E-state index in [-0.39, 0.29) is 5.43 Å². The Balaban J connectivity index is 1.31. The number of nitrogens with zero attached hydrogens (tertiary/aromatic N) is 1. The fraction of sp³-hybridized carbons (Fsp3) is 0.458. The molecule has 0 unspecified atom stereocenters. The Bertz CT molecular complexity index is 1040. The smallest absolute Gasteiger partial charge is 0.200 e. The van der Waals surface area contributed by atoms with Gasteiger partial charge in [0.25, 0.3) is 0 Å². The fourth-order valence-corrected chi connectivity index (χ4v) is 4.16. The van der Waals surface area contributed by atoms with Crippen LogP contribution in [0, 0.1) is 5.92 Å². The lowest BCUT2D eigenvalue weighted by Gasteiger charge is -2.30. The molecule has 1 aromatic heterocycles. The summed E-state index contributed by atoms with van der Waals surface area (Å²) >= 11 is 6.03. The average molecular weight is 414 g/mol. The third-order valence-electron chi connectivity index (χ3n) is 5.87. The second-order valence-electron chi connectivity index (χ2n) is 8.16. The summed E-state index contributed by atoms with van der Waals surface area (Å²) in [6.45, 7) is 6.70. The Kier molecular flexibility index (Phi) is 6.41. The lowest BCUT2D eigenvalue weighted by atomic mass is 9.99. The Morgan fingerprint density at radius 2 is 1.76 bits per heavy atom. The first kappa shape index (κ1) is 20.2. The number of benzene rings is 2. The van der Waals surface area contributed by atoms with Crippen LogP contribution in [-0.2, 0) is 0 Å². The number of rotatable bonds is 7. The zero-order valence-corrected chi connectivity index (χ0v) is 17.7. The summed E-state index contributed by atoms with van der Waals surface area (Å²) in [5, 5.41) is 1.54. The second kappa shape index (κ2) is 9.19. The van der Waals surface area contributed by atoms with Gasteiger partial charge in [-0.2, -0.15) is 0 Å². The molecule has 1 aliphatic rings. The van der Waals surface area contributed by atoms with Gasteiger partial charge in [-0.05, 0) is 94.1 Å². The first-order chi connectivity index (χ1) is 14.1. The first-order valence-corrected chi connectivity index (χ1v) is 11.0. The number of ether oxygens (including phenoxy) is 1. The van der Waals surface area contributed by atoms with Crippen molar-refractivity contribution in [2.24, 2.45) is 5.92 Å². The SMILES string of the molecule is CC1CCN(CCCCCOc2ccc3oc4ccc(Cl)cc4c(=O)c3c2)CC1. The van der Waals surface area contributed by atoms with Gasteiger partial charge in [-0.15, -0.1) is 0 Å². The highest BCUT2D eigenvalue weighted by molar-refractivity contribution is 6.31. The van der Waals surface area contributed by atoms with Crippen molar-refractivity contribution in [3.05, 3.63) is 51.6 Å². The monoisotopic (exact) mass is 413 g/mol. The number of unbranched alkanes of at least 4 members (excludes halogenated alkanes) is 2. The van der Waals surface area contributed by atoms with E-state index in [0.717, 1.165) is 18.8 Å². The minimum atomic E-state index is -0.0787. The zero-order chi connectivity index (χ0) is 20.2. The lowest BCUT2D eigenvalue weighted by Crippen LogP contribution is -2.33. The molecule has 1 saturated heterocycles. The van der Waals surface area contributed by atoms with Crippen molar-refractivity contribution in [2.75, 3.05) is 26.2 Å². The molecule has 0 spiro atoms. The average Bonchev–Trinajstić information content (AvgIpc) is 2.73. The summed E-state index contributed by atoms with van der Waals surface area (Å²) in [4.78, 5) is 15.4. The van der Waals surface area contributed by atoms with Gasteiger partial charge in [0, 0.05) is 5.02 Å². The van der Waals surface area contributed by atoms with E-state index in [0.29, 0.717) is 39.3 Å². The molecule has 2 heterocycles. The molecule has 0 saturated carbocycles. The fourth-order valence-electron chi connectivity index (χ4n) is 3.99. The van der Waals surface area contributed by atoms with E-state index < -0.39 is 0 Å². The summed E-state index contributed by atoms with van der Waals surface area (Å²) in [6.07, 6.45) is 6.06. The molecular weight excluding hydrogens is 386 g/mol. The second-order valence-corrected chi connectivity index (χ2v) is 8.60. The van der Waals surface area contributed by atoms with Crippen LogP contribution in [0.15, 0.2) is 45.6 Å². The van der Waals surface area contributed by atoms with Crippen LogP contribution >= 0.6 is 11.6 Å². The topological polar surface area (TPSA) is 42.7 Å². The van der Waals surface area contributed by atoms with Gasteiger partial charge in [0.05, 0.1) is 17.4 Å². The van der Waals surface area contributed by atoms with Gasteiger partial charge in [0.15, 0.2) is 0 Å². The summed E-state index contributed by atoms with van der Waals surface area (Å²) in [5.74, 6) is 1.59. The number of piperidine rings is 1. The van der Waals surface area contributed by atoms with Crippen molar-refractivity contribution in [2.45, 2.75) is 39.0 Å². The van der Waals surface area contributed by atoms with Crippen LogP contribution in [0.3, 0.4) is 0 Å². The van der Waals surface area contributed by atoms with Gasteiger partial charge in [-0.25, -0.2) is 0 Å². The Morgan fingerprint density at radius 1 is 1.03 bits per heavy atom. The Labute approximate surface area is 176 Å². The lowest BCUT2D eigenvalue weighted by molar-refractivity contribution is 0.187. The summed E-state index contributed by atoms with van der Waals surface area (Å²) in [5.41, 5.74) is 1.03. The summed E-state index contributed by atoms with van der Waals surface area (Å²) in [7, 11) is 0. The first-order valence-electron chi connectivity index (χ1n) is 10.6. The number of likely N-dealkylation sites (tertiary alicyclic amines) is 1. The van der Waals surface area contributed by atoms with Crippen LogP contribution < -0.4 is 10.2 Å². The summed E-state index contributed by atoms with van der Waals surface area (Å²) < 4.78 is 11.7. The van der Waals surface area contributed by atoms with Gasteiger partial charge < -0.3 is 14.1 Å². The standard InChI is InChI=1S/C24H28ClNO3/c1-17-9-12-26(13-10-17)11-3-2-4-14-28-19-6-8-23-21(16-19)24(27)20-15-18(25)5-7-22(20)29-23/h5-8,15-17H,2-4,9-14H2,1H3. The van der Waals surface area contributed by atoms with Crippen LogP contribution in [0.5, 0.6) is 5.75 Å².